The first kappa shape index (κ1) is 9.09. The van der Waals surface area contributed by atoms with Gasteiger partial charge in [0, 0.05) is 22.5 Å². The van der Waals surface area contributed by atoms with Crippen LogP contribution >= 0.6 is 0 Å². The Balaban J connectivity index is 2.44. The lowest BCUT2D eigenvalue weighted by Crippen LogP contribution is -1.87. The van der Waals surface area contributed by atoms with E-state index in [2.05, 4.69) is 4.98 Å². The Morgan fingerprint density at radius 2 is 1.56 bits per heavy atom. The Morgan fingerprint density at radius 1 is 0.875 bits per heavy atom. The van der Waals surface area contributed by atoms with Gasteiger partial charge < -0.3 is 5.73 Å². The van der Waals surface area contributed by atoms with Crippen molar-refractivity contribution in [2.75, 3.05) is 5.73 Å². The van der Waals surface area contributed by atoms with Crippen molar-refractivity contribution in [2.24, 2.45) is 0 Å². The molecule has 3 rings (SSSR count). The number of nitrogens with two attached hydrogens (primary N) is 1. The van der Waals surface area contributed by atoms with E-state index in [0.717, 1.165) is 16.3 Å². The van der Waals surface area contributed by atoms with Crippen LogP contribution in [0.3, 0.4) is 0 Å². The molecule has 1 heterocycles. The largest absolute Gasteiger partial charge is 0.399 e. The summed E-state index contributed by atoms with van der Waals surface area (Å²) in [6, 6.07) is 12.1. The minimum atomic E-state index is -0.275. The summed E-state index contributed by atoms with van der Waals surface area (Å²) in [6.07, 6.45) is 0. The number of halogens is 1. The highest BCUT2D eigenvalue weighted by atomic mass is 19.1. The third-order valence-electron chi connectivity index (χ3n) is 2.60. The van der Waals surface area contributed by atoms with Crippen LogP contribution in [0.2, 0.25) is 0 Å². The van der Waals surface area contributed by atoms with Gasteiger partial charge in [0.1, 0.15) is 5.82 Å². The van der Waals surface area contributed by atoms with Crippen LogP contribution in [0.5, 0.6) is 0 Å². The molecule has 0 spiro atoms. The predicted molar refractivity (Wildman–Crippen MR) is 63.6 cm³/mol. The van der Waals surface area contributed by atoms with E-state index in [-0.39, 0.29) is 5.82 Å². The molecule has 2 N–H and O–H groups in total. The summed E-state index contributed by atoms with van der Waals surface area (Å²) in [5.41, 5.74) is 7.79. The zero-order chi connectivity index (χ0) is 11.1. The minimum Gasteiger partial charge on any atom is -0.399 e. The number of hydrogen-bond acceptors (Lipinski definition) is 2. The van der Waals surface area contributed by atoms with Gasteiger partial charge >= 0.3 is 0 Å². The standard InChI is InChI=1S/C13H9FN2/c14-10-3-1-8-5-9-2-4-11(15)7-13(9)16-12(8)6-10/h1-7H,15H2. The summed E-state index contributed by atoms with van der Waals surface area (Å²) >= 11 is 0. The topological polar surface area (TPSA) is 38.9 Å². The van der Waals surface area contributed by atoms with Crippen molar-refractivity contribution in [3.05, 3.63) is 48.3 Å². The number of rotatable bonds is 0. The summed E-state index contributed by atoms with van der Waals surface area (Å²) in [5.74, 6) is -0.275. The number of anilines is 1. The van der Waals surface area contributed by atoms with Gasteiger partial charge in [0.15, 0.2) is 0 Å². The van der Waals surface area contributed by atoms with Gasteiger partial charge in [-0.25, -0.2) is 9.37 Å². The van der Waals surface area contributed by atoms with Crippen LogP contribution in [0.1, 0.15) is 0 Å². The first-order valence-electron chi connectivity index (χ1n) is 4.98. The van der Waals surface area contributed by atoms with Crippen LogP contribution in [-0.2, 0) is 0 Å². The second kappa shape index (κ2) is 3.17. The molecular weight excluding hydrogens is 203 g/mol. The molecule has 3 heteroatoms. The first-order valence-corrected chi connectivity index (χ1v) is 4.98. The Hall–Kier alpha value is -2.16. The molecule has 0 unspecified atom stereocenters. The third kappa shape index (κ3) is 1.37. The van der Waals surface area contributed by atoms with Gasteiger partial charge in [-0.2, -0.15) is 0 Å². The van der Waals surface area contributed by atoms with E-state index in [9.17, 15) is 4.39 Å². The highest BCUT2D eigenvalue weighted by Gasteiger charge is 2.01. The smallest absolute Gasteiger partial charge is 0.125 e. The number of hydrogen-bond donors (Lipinski definition) is 1. The lowest BCUT2D eigenvalue weighted by Gasteiger charge is -2.02. The SMILES string of the molecule is Nc1ccc2cc3ccc(F)cc3nc2c1. The summed E-state index contributed by atoms with van der Waals surface area (Å²) in [7, 11) is 0. The Labute approximate surface area is 91.5 Å². The number of nitrogens with zero attached hydrogens (tertiary/aromatic N) is 1. The Kier molecular flexibility index (Phi) is 1.80. The fourth-order valence-corrected chi connectivity index (χ4v) is 1.81. The van der Waals surface area contributed by atoms with E-state index in [4.69, 9.17) is 5.73 Å². The van der Waals surface area contributed by atoms with Crippen LogP contribution in [0.25, 0.3) is 21.8 Å². The van der Waals surface area contributed by atoms with E-state index < -0.39 is 0 Å². The molecule has 16 heavy (non-hydrogen) atoms. The molecule has 0 aliphatic heterocycles. The number of fused-ring (bicyclic) bond motifs is 2. The average Bonchev–Trinajstić information content (AvgIpc) is 2.26. The zero-order valence-corrected chi connectivity index (χ0v) is 8.44. The molecule has 0 aliphatic carbocycles. The van der Waals surface area contributed by atoms with Gasteiger partial charge in [0.05, 0.1) is 11.0 Å². The van der Waals surface area contributed by atoms with Crippen molar-refractivity contribution in [1.82, 2.24) is 4.98 Å². The average molecular weight is 212 g/mol. The molecule has 1 aromatic heterocycles. The number of aromatic nitrogens is 1. The van der Waals surface area contributed by atoms with Crippen LogP contribution < -0.4 is 5.73 Å². The maximum atomic E-state index is 13.1. The van der Waals surface area contributed by atoms with E-state index in [1.165, 1.54) is 12.1 Å². The first-order chi connectivity index (χ1) is 7.72. The highest BCUT2D eigenvalue weighted by Crippen LogP contribution is 2.21. The second-order valence-electron chi connectivity index (χ2n) is 3.78. The number of pyridine rings is 1. The fraction of sp³-hybridized carbons (Fsp3) is 0. The molecule has 0 saturated heterocycles. The summed E-state index contributed by atoms with van der Waals surface area (Å²) in [6.45, 7) is 0. The van der Waals surface area contributed by atoms with Gasteiger partial charge in [-0.1, -0.05) is 6.07 Å². The monoisotopic (exact) mass is 212 g/mol. The Morgan fingerprint density at radius 3 is 2.38 bits per heavy atom. The van der Waals surface area contributed by atoms with Gasteiger partial charge in [-0.15, -0.1) is 0 Å². The third-order valence-corrected chi connectivity index (χ3v) is 2.60. The normalized spacial score (nSPS) is 11.1. The van der Waals surface area contributed by atoms with Crippen LogP contribution in [0, 0.1) is 5.82 Å². The maximum Gasteiger partial charge on any atom is 0.125 e. The van der Waals surface area contributed by atoms with Crippen molar-refractivity contribution in [2.45, 2.75) is 0 Å². The molecule has 2 aromatic carbocycles. The quantitative estimate of drug-likeness (QED) is 0.459. The van der Waals surface area contributed by atoms with Gasteiger partial charge in [-0.3, -0.25) is 0 Å². The maximum absolute atomic E-state index is 13.1. The van der Waals surface area contributed by atoms with E-state index in [1.807, 2.05) is 18.2 Å². The number of nitrogen functional groups attached to an aromatic ring is 1. The molecule has 0 aliphatic rings. The van der Waals surface area contributed by atoms with Gasteiger partial charge in [-0.05, 0) is 30.3 Å². The van der Waals surface area contributed by atoms with Crippen molar-refractivity contribution < 1.29 is 4.39 Å². The van der Waals surface area contributed by atoms with Crippen molar-refractivity contribution >= 4 is 27.5 Å². The lowest BCUT2D eigenvalue weighted by molar-refractivity contribution is 0.629. The minimum absolute atomic E-state index is 0.275. The van der Waals surface area contributed by atoms with Crippen LogP contribution in [0.4, 0.5) is 10.1 Å². The molecule has 0 bridgehead atoms. The van der Waals surface area contributed by atoms with Gasteiger partial charge in [0.25, 0.3) is 0 Å². The zero-order valence-electron chi connectivity index (χ0n) is 8.44. The summed E-state index contributed by atoms with van der Waals surface area (Å²) < 4.78 is 13.1. The molecule has 3 aromatic rings. The van der Waals surface area contributed by atoms with Crippen molar-refractivity contribution in [3.8, 4) is 0 Å². The van der Waals surface area contributed by atoms with Crippen molar-refractivity contribution in [3.63, 3.8) is 0 Å². The van der Waals surface area contributed by atoms with E-state index in [1.54, 1.807) is 12.1 Å². The highest BCUT2D eigenvalue weighted by molar-refractivity contribution is 5.93. The second-order valence-corrected chi connectivity index (χ2v) is 3.78. The molecule has 2 nitrogen and oxygen atoms in total. The summed E-state index contributed by atoms with van der Waals surface area (Å²) in [4.78, 5) is 4.38. The molecule has 0 atom stereocenters. The van der Waals surface area contributed by atoms with E-state index >= 15 is 0 Å². The van der Waals surface area contributed by atoms with Gasteiger partial charge in [0.2, 0.25) is 0 Å². The van der Waals surface area contributed by atoms with Crippen molar-refractivity contribution in [1.29, 1.82) is 0 Å². The summed E-state index contributed by atoms with van der Waals surface area (Å²) in [5, 5.41) is 1.94. The molecule has 0 radical (unpaired) electrons. The van der Waals surface area contributed by atoms with Crippen LogP contribution in [-0.4, -0.2) is 4.98 Å². The molecule has 78 valence electrons. The lowest BCUT2D eigenvalue weighted by atomic mass is 10.1. The molecular formula is C13H9FN2. The fourth-order valence-electron chi connectivity index (χ4n) is 1.81. The molecule has 0 amide bonds. The van der Waals surface area contributed by atoms with E-state index in [0.29, 0.717) is 11.2 Å². The molecule has 0 saturated carbocycles. The Bertz CT molecular complexity index is 635. The number of benzene rings is 2. The van der Waals surface area contributed by atoms with Crippen LogP contribution in [0.15, 0.2) is 42.5 Å². The molecule has 0 fully saturated rings. The predicted octanol–water partition coefficient (Wildman–Crippen LogP) is 3.11.